The first-order valence-corrected chi connectivity index (χ1v) is 6.39. The number of nitrogens with one attached hydrogen (secondary N) is 1. The number of hydrazine groups is 1. The molecular formula is C13H15N5O3. The molecule has 0 saturated heterocycles. The molecule has 2 aromatic rings. The van der Waals surface area contributed by atoms with E-state index in [9.17, 15) is 10.1 Å². The van der Waals surface area contributed by atoms with Gasteiger partial charge in [-0.05, 0) is 12.5 Å². The molecule has 0 saturated carbocycles. The number of hydrogen-bond acceptors (Lipinski definition) is 7. The van der Waals surface area contributed by atoms with Gasteiger partial charge in [-0.25, -0.2) is 10.8 Å². The van der Waals surface area contributed by atoms with Crippen molar-refractivity contribution in [2.24, 2.45) is 5.84 Å². The lowest BCUT2D eigenvalue weighted by Crippen LogP contribution is -2.10. The third-order valence-corrected chi connectivity index (χ3v) is 2.62. The Labute approximate surface area is 121 Å². The van der Waals surface area contributed by atoms with Crippen molar-refractivity contribution >= 4 is 11.5 Å². The van der Waals surface area contributed by atoms with Crippen LogP contribution in [0.25, 0.3) is 0 Å². The van der Waals surface area contributed by atoms with Gasteiger partial charge in [-0.1, -0.05) is 13.0 Å². The molecule has 21 heavy (non-hydrogen) atoms. The molecule has 2 rings (SSSR count). The SMILES string of the molecule is CCCc1nc(NN)cc(Oc2cccc([N+](=O)[O-])c2)n1. The summed E-state index contributed by atoms with van der Waals surface area (Å²) in [5, 5.41) is 10.7. The lowest BCUT2D eigenvalue weighted by atomic mass is 10.3. The van der Waals surface area contributed by atoms with Crippen LogP contribution in [-0.4, -0.2) is 14.9 Å². The average Bonchev–Trinajstić information content (AvgIpc) is 2.47. The van der Waals surface area contributed by atoms with Crippen molar-refractivity contribution in [2.45, 2.75) is 19.8 Å². The van der Waals surface area contributed by atoms with E-state index in [2.05, 4.69) is 15.4 Å². The molecule has 0 radical (unpaired) electrons. The first-order chi connectivity index (χ1) is 10.1. The van der Waals surface area contributed by atoms with Crippen LogP contribution in [0.2, 0.25) is 0 Å². The largest absolute Gasteiger partial charge is 0.439 e. The van der Waals surface area contributed by atoms with Gasteiger partial charge in [-0.15, -0.1) is 0 Å². The molecule has 1 aromatic carbocycles. The highest BCUT2D eigenvalue weighted by Crippen LogP contribution is 2.25. The Balaban J connectivity index is 2.27. The molecule has 110 valence electrons. The van der Waals surface area contributed by atoms with Crippen molar-refractivity contribution < 1.29 is 9.66 Å². The number of ether oxygens (including phenoxy) is 1. The van der Waals surface area contributed by atoms with E-state index in [1.165, 1.54) is 18.2 Å². The third-order valence-electron chi connectivity index (χ3n) is 2.62. The summed E-state index contributed by atoms with van der Waals surface area (Å²) in [6, 6.07) is 7.41. The molecule has 0 bridgehead atoms. The first kappa shape index (κ1) is 14.7. The number of hydrogen-bond donors (Lipinski definition) is 2. The van der Waals surface area contributed by atoms with Crippen molar-refractivity contribution in [3.63, 3.8) is 0 Å². The number of nitrogens with two attached hydrogens (primary N) is 1. The number of nitro groups is 1. The Morgan fingerprint density at radius 2 is 2.19 bits per heavy atom. The minimum atomic E-state index is -0.484. The number of aryl methyl sites for hydroxylation is 1. The third kappa shape index (κ3) is 3.86. The summed E-state index contributed by atoms with van der Waals surface area (Å²) in [7, 11) is 0. The lowest BCUT2D eigenvalue weighted by Gasteiger charge is -2.08. The summed E-state index contributed by atoms with van der Waals surface area (Å²) in [6.45, 7) is 2.01. The van der Waals surface area contributed by atoms with Crippen LogP contribution in [0.15, 0.2) is 30.3 Å². The van der Waals surface area contributed by atoms with Gasteiger partial charge in [0, 0.05) is 18.6 Å². The predicted molar refractivity (Wildman–Crippen MR) is 77.0 cm³/mol. The predicted octanol–water partition coefficient (Wildman–Crippen LogP) is 2.42. The fraction of sp³-hybridized carbons (Fsp3) is 0.231. The Morgan fingerprint density at radius 3 is 2.86 bits per heavy atom. The van der Waals surface area contributed by atoms with Crippen LogP contribution >= 0.6 is 0 Å². The molecule has 0 unspecified atom stereocenters. The maximum atomic E-state index is 10.7. The van der Waals surface area contributed by atoms with Crippen LogP contribution in [0.3, 0.4) is 0 Å². The number of nitrogen functional groups attached to an aromatic ring is 1. The number of non-ortho nitro benzene ring substituents is 1. The van der Waals surface area contributed by atoms with Crippen LogP contribution < -0.4 is 16.0 Å². The smallest absolute Gasteiger partial charge is 0.273 e. The van der Waals surface area contributed by atoms with E-state index in [1.54, 1.807) is 12.1 Å². The molecule has 8 heteroatoms. The summed E-state index contributed by atoms with van der Waals surface area (Å²) >= 11 is 0. The summed E-state index contributed by atoms with van der Waals surface area (Å²) in [6.07, 6.45) is 1.56. The molecule has 0 aliphatic carbocycles. The van der Waals surface area contributed by atoms with Crippen molar-refractivity contribution in [3.8, 4) is 11.6 Å². The van der Waals surface area contributed by atoms with E-state index in [0.717, 1.165) is 6.42 Å². The zero-order chi connectivity index (χ0) is 15.2. The van der Waals surface area contributed by atoms with E-state index < -0.39 is 4.92 Å². The second-order valence-corrected chi connectivity index (χ2v) is 4.26. The Morgan fingerprint density at radius 1 is 1.38 bits per heavy atom. The first-order valence-electron chi connectivity index (χ1n) is 6.39. The fourth-order valence-electron chi connectivity index (χ4n) is 1.72. The Kier molecular flexibility index (Phi) is 4.62. The Hall–Kier alpha value is -2.74. The van der Waals surface area contributed by atoms with E-state index in [1.807, 2.05) is 6.92 Å². The van der Waals surface area contributed by atoms with E-state index in [4.69, 9.17) is 10.6 Å². The minimum Gasteiger partial charge on any atom is -0.439 e. The zero-order valence-electron chi connectivity index (χ0n) is 11.4. The highest BCUT2D eigenvalue weighted by atomic mass is 16.6. The minimum absolute atomic E-state index is 0.0486. The van der Waals surface area contributed by atoms with Gasteiger partial charge in [-0.2, -0.15) is 4.98 Å². The van der Waals surface area contributed by atoms with Crippen molar-refractivity contribution in [1.29, 1.82) is 0 Å². The summed E-state index contributed by atoms with van der Waals surface area (Å²) in [5.41, 5.74) is 2.39. The van der Waals surface area contributed by atoms with Gasteiger partial charge in [0.15, 0.2) is 0 Å². The molecule has 0 fully saturated rings. The summed E-state index contributed by atoms with van der Waals surface area (Å²) < 4.78 is 5.55. The standard InChI is InChI=1S/C13H15N5O3/c1-2-4-11-15-12(17-14)8-13(16-11)21-10-6-3-5-9(7-10)18(19)20/h3,5-8H,2,4,14H2,1H3,(H,15,16,17). The average molecular weight is 289 g/mol. The molecule has 0 spiro atoms. The van der Waals surface area contributed by atoms with E-state index in [0.29, 0.717) is 23.8 Å². The van der Waals surface area contributed by atoms with Gasteiger partial charge in [0.25, 0.3) is 5.69 Å². The van der Waals surface area contributed by atoms with Gasteiger partial charge >= 0.3 is 0 Å². The normalized spacial score (nSPS) is 10.2. The summed E-state index contributed by atoms with van der Waals surface area (Å²) in [4.78, 5) is 18.7. The van der Waals surface area contributed by atoms with Gasteiger partial charge in [0.1, 0.15) is 17.4 Å². The van der Waals surface area contributed by atoms with Gasteiger partial charge in [0.2, 0.25) is 5.88 Å². The highest BCUT2D eigenvalue weighted by Gasteiger charge is 2.09. The van der Waals surface area contributed by atoms with E-state index in [-0.39, 0.29) is 11.6 Å². The second kappa shape index (κ2) is 6.62. The van der Waals surface area contributed by atoms with Crippen LogP contribution in [0.4, 0.5) is 11.5 Å². The fourth-order valence-corrected chi connectivity index (χ4v) is 1.72. The van der Waals surface area contributed by atoms with Gasteiger partial charge in [-0.3, -0.25) is 10.1 Å². The van der Waals surface area contributed by atoms with E-state index >= 15 is 0 Å². The zero-order valence-corrected chi connectivity index (χ0v) is 11.4. The van der Waals surface area contributed by atoms with Crippen molar-refractivity contribution in [1.82, 2.24) is 9.97 Å². The molecule has 0 aliphatic rings. The number of rotatable bonds is 6. The van der Waals surface area contributed by atoms with Crippen molar-refractivity contribution in [3.05, 3.63) is 46.3 Å². The number of benzene rings is 1. The highest BCUT2D eigenvalue weighted by molar-refractivity contribution is 5.42. The second-order valence-electron chi connectivity index (χ2n) is 4.26. The van der Waals surface area contributed by atoms with Crippen molar-refractivity contribution in [2.75, 3.05) is 5.43 Å². The van der Waals surface area contributed by atoms with Gasteiger partial charge in [0.05, 0.1) is 11.0 Å². The van der Waals surface area contributed by atoms with Crippen LogP contribution in [0.1, 0.15) is 19.2 Å². The molecule has 0 atom stereocenters. The molecular weight excluding hydrogens is 274 g/mol. The molecule has 0 amide bonds. The molecule has 1 aromatic heterocycles. The van der Waals surface area contributed by atoms with Crippen LogP contribution in [-0.2, 0) is 6.42 Å². The monoisotopic (exact) mass is 289 g/mol. The number of anilines is 1. The van der Waals surface area contributed by atoms with Crippen LogP contribution in [0, 0.1) is 10.1 Å². The molecule has 0 aliphatic heterocycles. The summed E-state index contributed by atoms with van der Waals surface area (Å²) in [5.74, 6) is 6.98. The van der Waals surface area contributed by atoms with Gasteiger partial charge < -0.3 is 10.2 Å². The molecule has 3 N–H and O–H groups in total. The maximum Gasteiger partial charge on any atom is 0.273 e. The topological polar surface area (TPSA) is 116 Å². The lowest BCUT2D eigenvalue weighted by molar-refractivity contribution is -0.384. The molecule has 8 nitrogen and oxygen atoms in total. The quantitative estimate of drug-likeness (QED) is 0.476. The molecule has 1 heterocycles. The maximum absolute atomic E-state index is 10.7. The number of nitro benzene ring substituents is 1. The Bertz CT molecular complexity index is 647. The number of aromatic nitrogens is 2. The van der Waals surface area contributed by atoms with Crippen LogP contribution in [0.5, 0.6) is 11.6 Å². The number of nitrogens with zero attached hydrogens (tertiary/aromatic N) is 3.